The summed E-state index contributed by atoms with van der Waals surface area (Å²) in [5.74, 6) is 2.05. The van der Waals surface area contributed by atoms with Crippen molar-refractivity contribution in [3.8, 4) is 0 Å². The molecule has 1 aromatic rings. The molecule has 1 aromatic heterocycles. The van der Waals surface area contributed by atoms with E-state index < -0.39 is 0 Å². The first-order valence-electron chi connectivity index (χ1n) is 9.93. The maximum absolute atomic E-state index is 4.46. The van der Waals surface area contributed by atoms with Gasteiger partial charge >= 0.3 is 0 Å². The van der Waals surface area contributed by atoms with Crippen LogP contribution in [0.1, 0.15) is 32.1 Å². The van der Waals surface area contributed by atoms with Crippen molar-refractivity contribution in [1.82, 2.24) is 19.8 Å². The monoisotopic (exact) mass is 344 g/mol. The Labute approximate surface area is 151 Å². The zero-order chi connectivity index (χ0) is 17.2. The van der Waals surface area contributed by atoms with Gasteiger partial charge < -0.3 is 9.80 Å². The predicted octanol–water partition coefficient (Wildman–Crippen LogP) is 1.68. The highest BCUT2D eigenvalue weighted by Crippen LogP contribution is 2.27. The third-order valence-corrected chi connectivity index (χ3v) is 6.24. The van der Waals surface area contributed by atoms with E-state index in [1.807, 2.05) is 19.0 Å². The normalized spacial score (nSPS) is 24.3. The van der Waals surface area contributed by atoms with Crippen LogP contribution >= 0.6 is 0 Å². The Hall–Kier alpha value is -1.40. The van der Waals surface area contributed by atoms with Gasteiger partial charge in [-0.1, -0.05) is 19.3 Å². The molecule has 2 saturated heterocycles. The van der Waals surface area contributed by atoms with E-state index >= 15 is 0 Å². The molecule has 6 heteroatoms. The zero-order valence-electron chi connectivity index (χ0n) is 15.8. The minimum Gasteiger partial charge on any atom is -0.363 e. The summed E-state index contributed by atoms with van der Waals surface area (Å²) in [5, 5.41) is 0. The summed E-state index contributed by atoms with van der Waals surface area (Å²) in [6, 6.07) is 3.67. The summed E-state index contributed by atoms with van der Waals surface area (Å²) in [5.41, 5.74) is 0. The van der Waals surface area contributed by atoms with Gasteiger partial charge in [0.1, 0.15) is 18.0 Å². The second-order valence-corrected chi connectivity index (χ2v) is 8.05. The summed E-state index contributed by atoms with van der Waals surface area (Å²) >= 11 is 0. The average Bonchev–Trinajstić information content (AvgIpc) is 2.62. The van der Waals surface area contributed by atoms with Crippen LogP contribution in [0.2, 0.25) is 0 Å². The second-order valence-electron chi connectivity index (χ2n) is 8.05. The van der Waals surface area contributed by atoms with Crippen molar-refractivity contribution in [1.29, 1.82) is 0 Å². The van der Waals surface area contributed by atoms with Gasteiger partial charge in [-0.25, -0.2) is 9.97 Å². The van der Waals surface area contributed by atoms with Crippen LogP contribution in [0.5, 0.6) is 0 Å². The van der Waals surface area contributed by atoms with Gasteiger partial charge in [0.15, 0.2) is 0 Å². The molecule has 4 rings (SSSR count). The van der Waals surface area contributed by atoms with Crippen molar-refractivity contribution in [2.24, 2.45) is 0 Å². The van der Waals surface area contributed by atoms with Crippen molar-refractivity contribution in [2.45, 2.75) is 44.2 Å². The van der Waals surface area contributed by atoms with Crippen LogP contribution in [-0.4, -0.2) is 85.2 Å². The molecule has 3 aliphatic rings. The van der Waals surface area contributed by atoms with Gasteiger partial charge in [0, 0.05) is 71.5 Å². The highest BCUT2D eigenvalue weighted by Gasteiger charge is 2.35. The third kappa shape index (κ3) is 3.75. The number of piperazine rings is 1. The van der Waals surface area contributed by atoms with Gasteiger partial charge in [-0.05, 0) is 12.8 Å². The molecule has 6 nitrogen and oxygen atoms in total. The minimum absolute atomic E-state index is 0.700. The second kappa shape index (κ2) is 7.46. The number of hydrogen-bond acceptors (Lipinski definition) is 6. The fourth-order valence-electron chi connectivity index (χ4n) is 4.54. The summed E-state index contributed by atoms with van der Waals surface area (Å²) in [6.07, 6.45) is 8.87. The van der Waals surface area contributed by atoms with Gasteiger partial charge in [0.2, 0.25) is 0 Å². The molecule has 3 heterocycles. The van der Waals surface area contributed by atoms with Crippen LogP contribution in [-0.2, 0) is 0 Å². The smallest absolute Gasteiger partial charge is 0.134 e. The molecule has 25 heavy (non-hydrogen) atoms. The van der Waals surface area contributed by atoms with E-state index in [2.05, 4.69) is 30.7 Å². The van der Waals surface area contributed by atoms with Gasteiger partial charge in [0.05, 0.1) is 0 Å². The SMILES string of the molecule is CN(C)c1cc(N2CC(N3CCN(C4CCCCC4)CC3)C2)ncn1. The highest BCUT2D eigenvalue weighted by atomic mass is 15.4. The Balaban J connectivity index is 1.25. The van der Waals surface area contributed by atoms with E-state index in [9.17, 15) is 0 Å². The summed E-state index contributed by atoms with van der Waals surface area (Å²) in [6.45, 7) is 7.21. The fraction of sp³-hybridized carbons (Fsp3) is 0.789. The van der Waals surface area contributed by atoms with Crippen molar-refractivity contribution in [2.75, 3.05) is 63.2 Å². The molecular weight excluding hydrogens is 312 g/mol. The fourth-order valence-corrected chi connectivity index (χ4v) is 4.54. The number of rotatable bonds is 4. The maximum atomic E-state index is 4.46. The standard InChI is InChI=1S/C19H32N6/c1-22(2)18-12-19(21-15-20-18)25-13-17(14-25)24-10-8-23(9-11-24)16-6-4-3-5-7-16/h12,15-17H,3-11,13-14H2,1-2H3. The van der Waals surface area contributed by atoms with Crippen LogP contribution in [0.25, 0.3) is 0 Å². The molecule has 0 bridgehead atoms. The van der Waals surface area contributed by atoms with Crippen molar-refractivity contribution in [3.63, 3.8) is 0 Å². The lowest BCUT2D eigenvalue weighted by molar-refractivity contribution is 0.0487. The van der Waals surface area contributed by atoms with Crippen molar-refractivity contribution >= 4 is 11.6 Å². The molecule has 0 unspecified atom stereocenters. The van der Waals surface area contributed by atoms with Crippen LogP contribution < -0.4 is 9.80 Å². The van der Waals surface area contributed by atoms with Crippen LogP contribution in [0, 0.1) is 0 Å². The highest BCUT2D eigenvalue weighted by molar-refractivity contribution is 5.51. The number of hydrogen-bond donors (Lipinski definition) is 0. The Bertz CT molecular complexity index is 557. The molecule has 0 N–H and O–H groups in total. The lowest BCUT2D eigenvalue weighted by atomic mass is 9.93. The Morgan fingerprint density at radius 1 is 0.880 bits per heavy atom. The molecular formula is C19H32N6. The van der Waals surface area contributed by atoms with Gasteiger partial charge in [-0.15, -0.1) is 0 Å². The van der Waals surface area contributed by atoms with Gasteiger partial charge in [-0.2, -0.15) is 0 Å². The predicted molar refractivity (Wildman–Crippen MR) is 102 cm³/mol. The first-order chi connectivity index (χ1) is 12.2. The van der Waals surface area contributed by atoms with E-state index in [0.717, 1.165) is 30.8 Å². The quantitative estimate of drug-likeness (QED) is 0.827. The zero-order valence-corrected chi connectivity index (χ0v) is 15.8. The van der Waals surface area contributed by atoms with E-state index in [-0.39, 0.29) is 0 Å². The first kappa shape index (κ1) is 17.0. The summed E-state index contributed by atoms with van der Waals surface area (Å²) < 4.78 is 0. The molecule has 0 radical (unpaired) electrons. The van der Waals surface area contributed by atoms with Crippen LogP contribution in [0.3, 0.4) is 0 Å². The van der Waals surface area contributed by atoms with E-state index in [4.69, 9.17) is 0 Å². The maximum Gasteiger partial charge on any atom is 0.134 e. The molecule has 0 aromatic carbocycles. The lowest BCUT2D eigenvalue weighted by Crippen LogP contribution is -2.64. The topological polar surface area (TPSA) is 38.7 Å². The molecule has 2 aliphatic heterocycles. The van der Waals surface area contributed by atoms with Gasteiger partial charge in [0.25, 0.3) is 0 Å². The Kier molecular flexibility index (Phi) is 5.08. The lowest BCUT2D eigenvalue weighted by Gasteiger charge is -2.49. The number of aromatic nitrogens is 2. The average molecular weight is 345 g/mol. The van der Waals surface area contributed by atoms with E-state index in [0.29, 0.717) is 6.04 Å². The Morgan fingerprint density at radius 3 is 2.16 bits per heavy atom. The molecule has 0 atom stereocenters. The molecule has 0 amide bonds. The first-order valence-corrected chi connectivity index (χ1v) is 9.93. The number of nitrogens with zero attached hydrogens (tertiary/aromatic N) is 6. The number of anilines is 2. The summed E-state index contributed by atoms with van der Waals surface area (Å²) in [7, 11) is 4.05. The molecule has 3 fully saturated rings. The molecule has 1 saturated carbocycles. The molecule has 138 valence electrons. The Morgan fingerprint density at radius 2 is 1.52 bits per heavy atom. The minimum atomic E-state index is 0.700. The largest absolute Gasteiger partial charge is 0.363 e. The van der Waals surface area contributed by atoms with Crippen molar-refractivity contribution < 1.29 is 0 Å². The molecule has 1 aliphatic carbocycles. The summed E-state index contributed by atoms with van der Waals surface area (Å²) in [4.78, 5) is 18.6. The van der Waals surface area contributed by atoms with E-state index in [1.54, 1.807) is 6.33 Å². The third-order valence-electron chi connectivity index (χ3n) is 6.24. The van der Waals surface area contributed by atoms with Gasteiger partial charge in [-0.3, -0.25) is 9.80 Å². The van der Waals surface area contributed by atoms with Crippen LogP contribution in [0.15, 0.2) is 12.4 Å². The van der Waals surface area contributed by atoms with Crippen molar-refractivity contribution in [3.05, 3.63) is 12.4 Å². The van der Waals surface area contributed by atoms with Crippen LogP contribution in [0.4, 0.5) is 11.6 Å². The molecule has 0 spiro atoms. The van der Waals surface area contributed by atoms with E-state index in [1.165, 1.54) is 58.3 Å².